The number of hydrogen-bond acceptors (Lipinski definition) is 4. The molecule has 6 heteroatoms. The van der Waals surface area contributed by atoms with Crippen molar-refractivity contribution in [2.45, 2.75) is 24.0 Å². The van der Waals surface area contributed by atoms with E-state index in [1.54, 1.807) is 0 Å². The molecular formula is C19H17ClN2OS2. The maximum absolute atomic E-state index is 12.4. The Kier molecular flexibility index (Phi) is 5.78. The highest BCUT2D eigenvalue weighted by molar-refractivity contribution is 8.00. The van der Waals surface area contributed by atoms with Gasteiger partial charge in [-0.25, -0.2) is 4.98 Å². The zero-order valence-electron chi connectivity index (χ0n) is 13.8. The number of anilines is 1. The summed E-state index contributed by atoms with van der Waals surface area (Å²) >= 11 is 8.81. The van der Waals surface area contributed by atoms with Gasteiger partial charge in [-0.15, -0.1) is 23.1 Å². The van der Waals surface area contributed by atoms with Gasteiger partial charge in [-0.1, -0.05) is 41.4 Å². The first kappa shape index (κ1) is 18.0. The lowest BCUT2D eigenvalue weighted by molar-refractivity contribution is -0.115. The number of aryl methyl sites for hydroxylation is 1. The molecule has 1 heterocycles. The Hall–Kier alpha value is -1.82. The molecule has 3 rings (SSSR count). The fourth-order valence-corrected chi connectivity index (χ4v) is 3.88. The van der Waals surface area contributed by atoms with Gasteiger partial charge in [-0.05, 0) is 38.1 Å². The molecule has 128 valence electrons. The Morgan fingerprint density at radius 2 is 1.84 bits per heavy atom. The highest BCUT2D eigenvalue weighted by atomic mass is 35.5. The lowest BCUT2D eigenvalue weighted by Crippen LogP contribution is -2.22. The number of amides is 1. The van der Waals surface area contributed by atoms with Crippen LogP contribution in [0, 0.1) is 6.92 Å². The van der Waals surface area contributed by atoms with Gasteiger partial charge in [-0.2, -0.15) is 0 Å². The minimum atomic E-state index is -0.229. The third-order valence-electron chi connectivity index (χ3n) is 3.58. The number of benzene rings is 2. The van der Waals surface area contributed by atoms with Crippen LogP contribution in [-0.2, 0) is 4.79 Å². The Morgan fingerprint density at radius 3 is 2.52 bits per heavy atom. The van der Waals surface area contributed by atoms with Crippen molar-refractivity contribution in [1.82, 2.24) is 4.98 Å². The van der Waals surface area contributed by atoms with E-state index in [-0.39, 0.29) is 11.2 Å². The van der Waals surface area contributed by atoms with E-state index in [2.05, 4.69) is 29.4 Å². The monoisotopic (exact) mass is 388 g/mol. The summed E-state index contributed by atoms with van der Waals surface area (Å²) in [4.78, 5) is 17.9. The van der Waals surface area contributed by atoms with E-state index in [0.29, 0.717) is 10.2 Å². The molecular weight excluding hydrogens is 372 g/mol. The highest BCUT2D eigenvalue weighted by Gasteiger charge is 2.16. The molecule has 0 saturated heterocycles. The molecule has 0 radical (unpaired) electrons. The minimum Gasteiger partial charge on any atom is -0.301 e. The minimum absolute atomic E-state index is 0.0650. The molecule has 0 fully saturated rings. The topological polar surface area (TPSA) is 42.0 Å². The average Bonchev–Trinajstić information content (AvgIpc) is 3.06. The Morgan fingerprint density at radius 1 is 1.16 bits per heavy atom. The van der Waals surface area contributed by atoms with Gasteiger partial charge in [0.1, 0.15) is 0 Å². The van der Waals surface area contributed by atoms with Crippen LogP contribution in [0.25, 0.3) is 11.3 Å². The fourth-order valence-electron chi connectivity index (χ4n) is 2.17. The van der Waals surface area contributed by atoms with Crippen LogP contribution in [0.4, 0.5) is 5.13 Å². The lowest BCUT2D eigenvalue weighted by atomic mass is 10.1. The Bertz CT molecular complexity index is 860. The molecule has 2 aromatic carbocycles. The smallest absolute Gasteiger partial charge is 0.239 e. The van der Waals surface area contributed by atoms with E-state index in [1.807, 2.05) is 48.7 Å². The van der Waals surface area contributed by atoms with E-state index >= 15 is 0 Å². The quantitative estimate of drug-likeness (QED) is 0.554. The molecule has 1 aromatic heterocycles. The van der Waals surface area contributed by atoms with Gasteiger partial charge in [0.2, 0.25) is 5.91 Å². The standard InChI is InChI=1S/C19H17ClN2OS2/c1-12-3-5-14(6-4-12)17-11-24-19(21-17)22-18(23)13(2)25-16-9-7-15(20)8-10-16/h3-11,13H,1-2H3,(H,21,22,23). The van der Waals surface area contributed by atoms with Crippen LogP contribution in [0.2, 0.25) is 5.02 Å². The summed E-state index contributed by atoms with van der Waals surface area (Å²) in [6.45, 7) is 3.93. The zero-order chi connectivity index (χ0) is 17.8. The van der Waals surface area contributed by atoms with Gasteiger partial charge in [0.25, 0.3) is 0 Å². The molecule has 1 amide bonds. The molecule has 0 bridgehead atoms. The van der Waals surface area contributed by atoms with Crippen molar-refractivity contribution in [2.75, 3.05) is 5.32 Å². The first-order valence-corrected chi connectivity index (χ1v) is 9.90. The molecule has 0 aliphatic heterocycles. The van der Waals surface area contributed by atoms with Crippen molar-refractivity contribution in [1.29, 1.82) is 0 Å². The molecule has 1 unspecified atom stereocenters. The third-order valence-corrected chi connectivity index (χ3v) is 5.70. The third kappa shape index (κ3) is 4.84. The summed E-state index contributed by atoms with van der Waals surface area (Å²) in [5.41, 5.74) is 3.13. The van der Waals surface area contributed by atoms with Crippen LogP contribution in [0.1, 0.15) is 12.5 Å². The van der Waals surface area contributed by atoms with Crippen molar-refractivity contribution >= 4 is 45.7 Å². The second kappa shape index (κ2) is 8.04. The van der Waals surface area contributed by atoms with Crippen LogP contribution >= 0.6 is 34.7 Å². The van der Waals surface area contributed by atoms with Crippen LogP contribution in [0.15, 0.2) is 58.8 Å². The van der Waals surface area contributed by atoms with Gasteiger partial charge in [0.15, 0.2) is 5.13 Å². The number of hydrogen-bond donors (Lipinski definition) is 1. The van der Waals surface area contributed by atoms with E-state index in [9.17, 15) is 4.79 Å². The maximum atomic E-state index is 12.4. The van der Waals surface area contributed by atoms with Crippen LogP contribution in [0.3, 0.4) is 0 Å². The first-order valence-electron chi connectivity index (χ1n) is 7.77. The molecule has 0 spiro atoms. The summed E-state index contributed by atoms with van der Waals surface area (Å²) < 4.78 is 0. The van der Waals surface area contributed by atoms with Gasteiger partial charge in [-0.3, -0.25) is 4.79 Å². The molecule has 1 N–H and O–H groups in total. The highest BCUT2D eigenvalue weighted by Crippen LogP contribution is 2.28. The Balaban J connectivity index is 1.62. The van der Waals surface area contributed by atoms with Crippen LogP contribution < -0.4 is 5.32 Å². The number of rotatable bonds is 5. The van der Waals surface area contributed by atoms with Gasteiger partial charge < -0.3 is 5.32 Å². The molecule has 0 saturated carbocycles. The molecule has 3 aromatic rings. The van der Waals surface area contributed by atoms with Crippen molar-refractivity contribution in [3.05, 3.63) is 64.5 Å². The lowest BCUT2D eigenvalue weighted by Gasteiger charge is -2.10. The summed E-state index contributed by atoms with van der Waals surface area (Å²) in [5, 5.41) is 5.93. The summed E-state index contributed by atoms with van der Waals surface area (Å²) in [7, 11) is 0. The fraction of sp³-hybridized carbons (Fsp3) is 0.158. The number of nitrogens with zero attached hydrogens (tertiary/aromatic N) is 1. The molecule has 25 heavy (non-hydrogen) atoms. The molecule has 0 aliphatic carbocycles. The van der Waals surface area contributed by atoms with Crippen molar-refractivity contribution in [3.63, 3.8) is 0 Å². The van der Waals surface area contributed by atoms with Gasteiger partial charge in [0, 0.05) is 20.9 Å². The van der Waals surface area contributed by atoms with E-state index < -0.39 is 0 Å². The Labute approximate surface area is 160 Å². The normalized spacial score (nSPS) is 12.0. The molecule has 1 atom stereocenters. The SMILES string of the molecule is Cc1ccc(-c2csc(NC(=O)C(C)Sc3ccc(Cl)cc3)n2)cc1. The van der Waals surface area contributed by atoms with Crippen LogP contribution in [-0.4, -0.2) is 16.1 Å². The zero-order valence-corrected chi connectivity index (χ0v) is 16.2. The number of aromatic nitrogens is 1. The van der Waals surface area contributed by atoms with Crippen molar-refractivity contribution in [2.24, 2.45) is 0 Å². The average molecular weight is 389 g/mol. The molecule has 3 nitrogen and oxygen atoms in total. The predicted octanol–water partition coefficient (Wildman–Crippen LogP) is 5.89. The first-order chi connectivity index (χ1) is 12.0. The number of carbonyl (C=O) groups is 1. The predicted molar refractivity (Wildman–Crippen MR) is 108 cm³/mol. The van der Waals surface area contributed by atoms with E-state index in [4.69, 9.17) is 11.6 Å². The molecule has 0 aliphatic rings. The van der Waals surface area contributed by atoms with Crippen molar-refractivity contribution in [3.8, 4) is 11.3 Å². The summed E-state index contributed by atoms with van der Waals surface area (Å²) in [6.07, 6.45) is 0. The summed E-state index contributed by atoms with van der Waals surface area (Å²) in [6, 6.07) is 15.7. The number of thioether (sulfide) groups is 1. The largest absolute Gasteiger partial charge is 0.301 e. The number of thiazole rings is 1. The van der Waals surface area contributed by atoms with E-state index in [1.165, 1.54) is 28.7 Å². The van der Waals surface area contributed by atoms with E-state index in [0.717, 1.165) is 16.2 Å². The number of halogens is 1. The number of nitrogens with one attached hydrogen (secondary N) is 1. The summed E-state index contributed by atoms with van der Waals surface area (Å²) in [5.74, 6) is -0.0650. The second-order valence-electron chi connectivity index (χ2n) is 5.61. The van der Waals surface area contributed by atoms with Gasteiger partial charge in [0.05, 0.1) is 10.9 Å². The second-order valence-corrected chi connectivity index (χ2v) is 8.32. The van der Waals surface area contributed by atoms with Crippen LogP contribution in [0.5, 0.6) is 0 Å². The van der Waals surface area contributed by atoms with Crippen molar-refractivity contribution < 1.29 is 4.79 Å². The van der Waals surface area contributed by atoms with Gasteiger partial charge >= 0.3 is 0 Å². The number of carbonyl (C=O) groups excluding carboxylic acids is 1. The maximum Gasteiger partial charge on any atom is 0.239 e.